The zero-order valence-electron chi connectivity index (χ0n) is 30.4. The summed E-state index contributed by atoms with van der Waals surface area (Å²) in [6.07, 6.45) is 0. The van der Waals surface area contributed by atoms with Gasteiger partial charge in [0.1, 0.15) is 11.2 Å². The molecule has 0 N–H and O–H groups in total. The van der Waals surface area contributed by atoms with E-state index in [-0.39, 0.29) is 0 Å². The van der Waals surface area contributed by atoms with Gasteiger partial charge in [0.15, 0.2) is 0 Å². The molecule has 1 aromatic heterocycles. The second-order valence-corrected chi connectivity index (χ2v) is 15.5. The van der Waals surface area contributed by atoms with E-state index in [0.29, 0.717) is 0 Å². The number of benzene rings is 10. The van der Waals surface area contributed by atoms with Crippen LogP contribution in [0.2, 0.25) is 0 Å². The van der Waals surface area contributed by atoms with Crippen molar-refractivity contribution in [1.29, 1.82) is 0 Å². The lowest BCUT2D eigenvalue weighted by molar-refractivity contribution is 0.673. The van der Waals surface area contributed by atoms with E-state index in [9.17, 15) is 0 Å². The first-order valence-electron chi connectivity index (χ1n) is 19.5. The summed E-state index contributed by atoms with van der Waals surface area (Å²) in [7, 11) is 0. The molecule has 11 aromatic rings. The zero-order valence-corrected chi connectivity index (χ0v) is 30.4. The quantitative estimate of drug-likeness (QED) is 0.174. The SMILES string of the molecule is c1ccc2c(c1)-c1ccccc1C21c2cc(-c3cccc4oc5c6ccccc6ccc5c34)ccc2-c2ccc3c(-c4ccc5ccccc5c4)cccc3c21. The van der Waals surface area contributed by atoms with Crippen LogP contribution in [0.3, 0.4) is 0 Å². The molecule has 2 aliphatic carbocycles. The van der Waals surface area contributed by atoms with Gasteiger partial charge < -0.3 is 4.42 Å². The summed E-state index contributed by atoms with van der Waals surface area (Å²) in [5, 5.41) is 9.73. The van der Waals surface area contributed by atoms with E-state index in [2.05, 4.69) is 194 Å². The summed E-state index contributed by atoms with van der Waals surface area (Å²) in [5.74, 6) is 0. The molecular weight excluding hydrogens is 677 g/mol. The van der Waals surface area contributed by atoms with Gasteiger partial charge in [-0.15, -0.1) is 0 Å². The van der Waals surface area contributed by atoms with Crippen LogP contribution in [0.25, 0.3) is 98.8 Å². The Morgan fingerprint density at radius 1 is 0.321 bits per heavy atom. The predicted octanol–water partition coefficient (Wildman–Crippen LogP) is 14.7. The topological polar surface area (TPSA) is 13.1 Å². The van der Waals surface area contributed by atoms with Gasteiger partial charge in [-0.1, -0.05) is 170 Å². The zero-order chi connectivity index (χ0) is 36.5. The van der Waals surface area contributed by atoms with Crippen LogP contribution in [0.1, 0.15) is 22.3 Å². The lowest BCUT2D eigenvalue weighted by Crippen LogP contribution is -2.26. The normalized spacial score (nSPS) is 13.5. The van der Waals surface area contributed by atoms with Crippen molar-refractivity contribution >= 4 is 54.3 Å². The first-order valence-corrected chi connectivity index (χ1v) is 19.5. The van der Waals surface area contributed by atoms with E-state index in [0.717, 1.165) is 27.3 Å². The third-order valence-electron chi connectivity index (χ3n) is 12.9. The Morgan fingerprint density at radius 3 is 1.77 bits per heavy atom. The summed E-state index contributed by atoms with van der Waals surface area (Å²) >= 11 is 0. The Labute approximate surface area is 323 Å². The summed E-state index contributed by atoms with van der Waals surface area (Å²) in [4.78, 5) is 0. The summed E-state index contributed by atoms with van der Waals surface area (Å²) in [5.41, 5.74) is 16.9. The van der Waals surface area contributed by atoms with Crippen molar-refractivity contribution in [3.8, 4) is 44.5 Å². The molecule has 56 heavy (non-hydrogen) atoms. The molecule has 2 aliphatic rings. The molecule has 0 unspecified atom stereocenters. The van der Waals surface area contributed by atoms with E-state index < -0.39 is 5.41 Å². The first-order chi connectivity index (χ1) is 27.8. The monoisotopic (exact) mass is 708 g/mol. The second-order valence-electron chi connectivity index (χ2n) is 15.5. The molecule has 1 spiro atoms. The van der Waals surface area contributed by atoms with Gasteiger partial charge in [-0.3, -0.25) is 0 Å². The van der Waals surface area contributed by atoms with Crippen molar-refractivity contribution in [2.45, 2.75) is 5.41 Å². The van der Waals surface area contributed by atoms with Crippen LogP contribution < -0.4 is 0 Å². The summed E-state index contributed by atoms with van der Waals surface area (Å²) in [6, 6.07) is 72.1. The van der Waals surface area contributed by atoms with Crippen LogP contribution in [-0.2, 0) is 5.41 Å². The number of hydrogen-bond acceptors (Lipinski definition) is 1. The molecule has 1 nitrogen and oxygen atoms in total. The molecule has 0 atom stereocenters. The third-order valence-corrected chi connectivity index (χ3v) is 12.9. The maximum atomic E-state index is 6.68. The van der Waals surface area contributed by atoms with E-state index >= 15 is 0 Å². The average Bonchev–Trinajstić information content (AvgIpc) is 3.90. The molecule has 1 heterocycles. The van der Waals surface area contributed by atoms with Crippen molar-refractivity contribution in [2.75, 3.05) is 0 Å². The molecule has 0 radical (unpaired) electrons. The molecule has 10 aromatic carbocycles. The molecule has 0 aliphatic heterocycles. The Bertz CT molecular complexity index is 3440. The van der Waals surface area contributed by atoms with Crippen LogP contribution in [0.5, 0.6) is 0 Å². The van der Waals surface area contributed by atoms with Gasteiger partial charge in [0.25, 0.3) is 0 Å². The van der Waals surface area contributed by atoms with Gasteiger partial charge in [-0.05, 0) is 118 Å². The van der Waals surface area contributed by atoms with Crippen molar-refractivity contribution < 1.29 is 4.42 Å². The van der Waals surface area contributed by atoms with Crippen LogP contribution in [0.15, 0.2) is 199 Å². The number of hydrogen-bond donors (Lipinski definition) is 0. The second kappa shape index (κ2) is 10.9. The summed E-state index contributed by atoms with van der Waals surface area (Å²) in [6.45, 7) is 0. The van der Waals surface area contributed by atoms with Crippen molar-refractivity contribution in [3.05, 3.63) is 216 Å². The van der Waals surface area contributed by atoms with E-state index in [1.165, 1.54) is 93.7 Å². The summed E-state index contributed by atoms with van der Waals surface area (Å²) < 4.78 is 6.68. The minimum Gasteiger partial charge on any atom is -0.455 e. The van der Waals surface area contributed by atoms with E-state index in [1.807, 2.05) is 0 Å². The highest BCUT2D eigenvalue weighted by molar-refractivity contribution is 6.19. The minimum atomic E-state index is -0.502. The molecule has 258 valence electrons. The maximum Gasteiger partial charge on any atom is 0.143 e. The average molecular weight is 709 g/mol. The third kappa shape index (κ3) is 3.79. The molecule has 13 rings (SSSR count). The fraction of sp³-hybridized carbons (Fsp3) is 0.0182. The molecule has 0 amide bonds. The highest BCUT2D eigenvalue weighted by Crippen LogP contribution is 2.64. The van der Waals surface area contributed by atoms with Crippen molar-refractivity contribution in [3.63, 3.8) is 0 Å². The Balaban J connectivity index is 1.12. The molecule has 1 heteroatoms. The van der Waals surface area contributed by atoms with Gasteiger partial charge in [0, 0.05) is 16.2 Å². The van der Waals surface area contributed by atoms with Crippen LogP contribution in [0.4, 0.5) is 0 Å². The van der Waals surface area contributed by atoms with Crippen LogP contribution in [0, 0.1) is 0 Å². The Kier molecular flexibility index (Phi) is 5.89. The highest BCUT2D eigenvalue weighted by atomic mass is 16.3. The lowest BCUT2D eigenvalue weighted by Gasteiger charge is -2.32. The molecule has 0 saturated heterocycles. The van der Waals surface area contributed by atoms with Crippen molar-refractivity contribution in [1.82, 2.24) is 0 Å². The predicted molar refractivity (Wildman–Crippen MR) is 233 cm³/mol. The van der Waals surface area contributed by atoms with Gasteiger partial charge in [0.2, 0.25) is 0 Å². The number of fused-ring (bicyclic) bond motifs is 18. The molecular formula is C55H32O. The highest BCUT2D eigenvalue weighted by Gasteiger charge is 2.52. The van der Waals surface area contributed by atoms with Gasteiger partial charge in [-0.25, -0.2) is 0 Å². The number of rotatable bonds is 2. The van der Waals surface area contributed by atoms with Gasteiger partial charge in [-0.2, -0.15) is 0 Å². The maximum absolute atomic E-state index is 6.68. The van der Waals surface area contributed by atoms with Crippen LogP contribution in [-0.4, -0.2) is 0 Å². The number of furan rings is 1. The molecule has 0 fully saturated rings. The largest absolute Gasteiger partial charge is 0.455 e. The fourth-order valence-electron chi connectivity index (χ4n) is 10.6. The van der Waals surface area contributed by atoms with E-state index in [4.69, 9.17) is 4.42 Å². The minimum absolute atomic E-state index is 0.502. The van der Waals surface area contributed by atoms with E-state index in [1.54, 1.807) is 0 Å². The van der Waals surface area contributed by atoms with Gasteiger partial charge >= 0.3 is 0 Å². The van der Waals surface area contributed by atoms with Crippen LogP contribution >= 0.6 is 0 Å². The first kappa shape index (κ1) is 30.1. The Morgan fingerprint density at radius 2 is 0.911 bits per heavy atom. The van der Waals surface area contributed by atoms with Gasteiger partial charge in [0.05, 0.1) is 5.41 Å². The van der Waals surface area contributed by atoms with Crippen molar-refractivity contribution in [2.24, 2.45) is 0 Å². The standard InChI is InChI=1S/C55H32O/c1-2-13-35-31-36(24-23-33(35)11-1)38-17-9-19-45-41(38)29-30-46-44-27-26-37(39-18-10-22-51-52(39)47-28-25-34-12-3-4-14-40(34)54(47)56-51)32-50(44)55(53(45)46)48-20-7-5-15-42(48)43-16-6-8-21-49(43)55/h1-32H. The molecule has 0 saturated carbocycles. The fourth-order valence-corrected chi connectivity index (χ4v) is 10.6. The smallest absolute Gasteiger partial charge is 0.143 e. The Hall–Kier alpha value is -7.22. The molecule has 0 bridgehead atoms. The lowest BCUT2D eigenvalue weighted by atomic mass is 9.69.